The highest BCUT2D eigenvalue weighted by Crippen LogP contribution is 2.18. The fraction of sp³-hybridized carbons (Fsp3) is 0.222. The molecule has 1 aromatic carbocycles. The van der Waals surface area contributed by atoms with E-state index in [1.165, 1.54) is 22.8 Å². The quantitative estimate of drug-likeness (QED) is 0.494. The number of benzene rings is 1. The van der Waals surface area contributed by atoms with E-state index in [0.717, 1.165) is 11.8 Å². The van der Waals surface area contributed by atoms with Crippen LogP contribution in [0.5, 0.6) is 0 Å². The van der Waals surface area contributed by atoms with Crippen molar-refractivity contribution >= 4 is 34.4 Å². The van der Waals surface area contributed by atoms with Crippen molar-refractivity contribution in [1.29, 1.82) is 0 Å². The number of amides is 1. The SMILES string of the molecule is COCCn1c(SCC(=O)Nc2cccc(F)c2)nc2ncccc2c1=O. The molecule has 0 spiro atoms. The van der Waals surface area contributed by atoms with Crippen molar-refractivity contribution in [2.75, 3.05) is 24.8 Å². The largest absolute Gasteiger partial charge is 0.383 e. The number of aromatic nitrogens is 3. The van der Waals surface area contributed by atoms with Gasteiger partial charge in [-0.25, -0.2) is 14.4 Å². The molecule has 9 heteroatoms. The molecule has 27 heavy (non-hydrogen) atoms. The van der Waals surface area contributed by atoms with Gasteiger partial charge >= 0.3 is 0 Å². The molecule has 0 radical (unpaired) electrons. The van der Waals surface area contributed by atoms with Crippen LogP contribution in [0.4, 0.5) is 10.1 Å². The molecule has 2 aromatic heterocycles. The van der Waals surface area contributed by atoms with Crippen LogP contribution in [0.3, 0.4) is 0 Å². The average Bonchev–Trinajstić information content (AvgIpc) is 2.66. The average molecular weight is 388 g/mol. The second kappa shape index (κ2) is 8.74. The summed E-state index contributed by atoms with van der Waals surface area (Å²) in [6, 6.07) is 8.97. The molecular formula is C18H17FN4O3S. The highest BCUT2D eigenvalue weighted by atomic mass is 32.2. The number of carbonyl (C=O) groups is 1. The fourth-order valence-electron chi connectivity index (χ4n) is 2.42. The number of methoxy groups -OCH3 is 1. The highest BCUT2D eigenvalue weighted by molar-refractivity contribution is 7.99. The first-order chi connectivity index (χ1) is 13.1. The summed E-state index contributed by atoms with van der Waals surface area (Å²) in [6.45, 7) is 0.636. The number of thioether (sulfide) groups is 1. The van der Waals surface area contributed by atoms with Gasteiger partial charge in [0.15, 0.2) is 10.8 Å². The molecule has 7 nitrogen and oxygen atoms in total. The number of nitrogens with zero attached hydrogens (tertiary/aromatic N) is 3. The molecule has 0 saturated heterocycles. The number of halogens is 1. The topological polar surface area (TPSA) is 86.1 Å². The molecule has 0 unspecified atom stereocenters. The van der Waals surface area contributed by atoms with Gasteiger partial charge in [0.05, 0.1) is 24.3 Å². The van der Waals surface area contributed by atoms with Crippen LogP contribution < -0.4 is 10.9 Å². The van der Waals surface area contributed by atoms with E-state index >= 15 is 0 Å². The Balaban J connectivity index is 1.80. The third kappa shape index (κ3) is 4.69. The predicted molar refractivity (Wildman–Crippen MR) is 101 cm³/mol. The molecular weight excluding hydrogens is 371 g/mol. The lowest BCUT2D eigenvalue weighted by Crippen LogP contribution is -2.26. The van der Waals surface area contributed by atoms with Crippen LogP contribution in [0.1, 0.15) is 0 Å². The van der Waals surface area contributed by atoms with Crippen molar-refractivity contribution in [3.05, 3.63) is 58.8 Å². The second-order valence-corrected chi connectivity index (χ2v) is 6.51. The Labute approximate surface area is 158 Å². The summed E-state index contributed by atoms with van der Waals surface area (Å²) >= 11 is 1.11. The minimum absolute atomic E-state index is 0.00821. The lowest BCUT2D eigenvalue weighted by molar-refractivity contribution is -0.113. The smallest absolute Gasteiger partial charge is 0.263 e. The Bertz CT molecular complexity index is 1020. The summed E-state index contributed by atoms with van der Waals surface area (Å²) in [5.41, 5.74) is 0.452. The summed E-state index contributed by atoms with van der Waals surface area (Å²) in [4.78, 5) is 33.4. The fourth-order valence-corrected chi connectivity index (χ4v) is 3.23. The molecule has 0 aliphatic heterocycles. The maximum atomic E-state index is 13.2. The lowest BCUT2D eigenvalue weighted by atomic mass is 10.3. The zero-order chi connectivity index (χ0) is 19.2. The van der Waals surface area contributed by atoms with Crippen molar-refractivity contribution < 1.29 is 13.9 Å². The number of fused-ring (bicyclic) bond motifs is 1. The van der Waals surface area contributed by atoms with Crippen molar-refractivity contribution in [2.45, 2.75) is 11.7 Å². The number of hydrogen-bond acceptors (Lipinski definition) is 6. The van der Waals surface area contributed by atoms with E-state index in [1.807, 2.05) is 0 Å². The van der Waals surface area contributed by atoms with Crippen LogP contribution in [0.25, 0.3) is 11.0 Å². The van der Waals surface area contributed by atoms with Gasteiger partial charge in [0.25, 0.3) is 5.56 Å². The van der Waals surface area contributed by atoms with Crippen LogP contribution in [0.15, 0.2) is 52.5 Å². The maximum absolute atomic E-state index is 13.2. The Hall–Kier alpha value is -2.78. The molecule has 140 valence electrons. The number of rotatable bonds is 7. The van der Waals surface area contributed by atoms with Crippen molar-refractivity contribution in [1.82, 2.24) is 14.5 Å². The lowest BCUT2D eigenvalue weighted by Gasteiger charge is -2.12. The molecule has 0 atom stereocenters. The Morgan fingerprint density at radius 2 is 2.19 bits per heavy atom. The predicted octanol–water partition coefficient (Wildman–Crippen LogP) is 2.31. The van der Waals surface area contributed by atoms with E-state index in [9.17, 15) is 14.0 Å². The zero-order valence-electron chi connectivity index (χ0n) is 14.5. The Kier molecular flexibility index (Phi) is 6.15. The first-order valence-corrected chi connectivity index (χ1v) is 9.10. The molecule has 1 N–H and O–H groups in total. The van der Waals surface area contributed by atoms with Crippen LogP contribution in [-0.4, -0.2) is 39.9 Å². The van der Waals surface area contributed by atoms with E-state index < -0.39 is 5.82 Å². The molecule has 0 bridgehead atoms. The standard InChI is InChI=1S/C18H17FN4O3S/c1-26-9-8-23-17(25)14-6-3-7-20-16(14)22-18(23)27-11-15(24)21-13-5-2-4-12(19)10-13/h2-7,10H,8-9,11H2,1H3,(H,21,24). The number of nitrogens with one attached hydrogen (secondary N) is 1. The molecule has 2 heterocycles. The minimum Gasteiger partial charge on any atom is -0.383 e. The van der Waals surface area contributed by atoms with Gasteiger partial charge in [-0.05, 0) is 30.3 Å². The minimum atomic E-state index is -0.434. The summed E-state index contributed by atoms with van der Waals surface area (Å²) in [5.74, 6) is -0.760. The Morgan fingerprint density at radius 1 is 1.33 bits per heavy atom. The molecule has 0 aliphatic rings. The van der Waals surface area contributed by atoms with Crippen LogP contribution in [-0.2, 0) is 16.1 Å². The molecule has 1 amide bonds. The van der Waals surface area contributed by atoms with Crippen molar-refractivity contribution in [3.8, 4) is 0 Å². The van der Waals surface area contributed by atoms with E-state index in [4.69, 9.17) is 4.74 Å². The highest BCUT2D eigenvalue weighted by Gasteiger charge is 2.14. The van der Waals surface area contributed by atoms with Gasteiger partial charge < -0.3 is 10.1 Å². The molecule has 0 fully saturated rings. The number of hydrogen-bond donors (Lipinski definition) is 1. The number of carbonyl (C=O) groups excluding carboxylic acids is 1. The summed E-state index contributed by atoms with van der Waals surface area (Å²) < 4.78 is 19.7. The molecule has 3 aromatic rings. The number of pyridine rings is 1. The van der Waals surface area contributed by atoms with Crippen LogP contribution in [0.2, 0.25) is 0 Å². The summed E-state index contributed by atoms with van der Waals surface area (Å²) in [7, 11) is 1.54. The Morgan fingerprint density at radius 3 is 2.96 bits per heavy atom. The third-order valence-electron chi connectivity index (χ3n) is 3.65. The van der Waals surface area contributed by atoms with E-state index in [2.05, 4.69) is 15.3 Å². The van der Waals surface area contributed by atoms with Gasteiger partial charge in [0.1, 0.15) is 5.82 Å². The molecule has 0 aliphatic carbocycles. The monoisotopic (exact) mass is 388 g/mol. The maximum Gasteiger partial charge on any atom is 0.263 e. The van der Waals surface area contributed by atoms with Gasteiger partial charge in [0.2, 0.25) is 5.91 Å². The number of anilines is 1. The van der Waals surface area contributed by atoms with E-state index in [-0.39, 0.29) is 17.2 Å². The van der Waals surface area contributed by atoms with Gasteiger partial charge in [-0.1, -0.05) is 17.8 Å². The van der Waals surface area contributed by atoms with Gasteiger partial charge in [-0.15, -0.1) is 0 Å². The van der Waals surface area contributed by atoms with Crippen molar-refractivity contribution in [3.63, 3.8) is 0 Å². The van der Waals surface area contributed by atoms with Crippen LogP contribution in [0, 0.1) is 5.82 Å². The second-order valence-electron chi connectivity index (χ2n) is 5.57. The van der Waals surface area contributed by atoms with E-state index in [1.54, 1.807) is 31.5 Å². The molecule has 0 saturated carbocycles. The van der Waals surface area contributed by atoms with Gasteiger partial charge in [0, 0.05) is 19.0 Å². The number of ether oxygens (including phenoxy) is 1. The zero-order valence-corrected chi connectivity index (χ0v) is 15.3. The van der Waals surface area contributed by atoms with E-state index in [0.29, 0.717) is 35.0 Å². The first kappa shape index (κ1) is 19.0. The van der Waals surface area contributed by atoms with Gasteiger partial charge in [-0.2, -0.15) is 0 Å². The van der Waals surface area contributed by atoms with Gasteiger partial charge in [-0.3, -0.25) is 14.2 Å². The third-order valence-corrected chi connectivity index (χ3v) is 4.63. The van der Waals surface area contributed by atoms with Crippen molar-refractivity contribution in [2.24, 2.45) is 0 Å². The summed E-state index contributed by atoms with van der Waals surface area (Å²) in [6.07, 6.45) is 1.55. The summed E-state index contributed by atoms with van der Waals surface area (Å²) in [5, 5.41) is 3.39. The normalized spacial score (nSPS) is 10.9. The molecule has 3 rings (SSSR count). The van der Waals surface area contributed by atoms with Crippen LogP contribution >= 0.6 is 11.8 Å². The first-order valence-electron chi connectivity index (χ1n) is 8.11.